The highest BCUT2D eigenvalue weighted by Gasteiger charge is 2.33. The Morgan fingerprint density at radius 3 is 2.44 bits per heavy atom. The number of rotatable bonds is 4. The second-order valence-corrected chi connectivity index (χ2v) is 3.74. The molecule has 3 heteroatoms. The molecule has 0 saturated carbocycles. The van der Waals surface area contributed by atoms with E-state index < -0.39 is 11.7 Å². The lowest BCUT2D eigenvalue weighted by Gasteiger charge is -2.14. The van der Waals surface area contributed by atoms with Gasteiger partial charge >= 0.3 is 6.18 Å². The van der Waals surface area contributed by atoms with Crippen LogP contribution in [0.15, 0.2) is 30.8 Å². The van der Waals surface area contributed by atoms with Gasteiger partial charge in [-0.05, 0) is 24.0 Å². The van der Waals surface area contributed by atoms with Crippen molar-refractivity contribution in [3.8, 4) is 0 Å². The SMILES string of the molecule is C=C(c1ccccc1CCCC)C(F)(F)F. The first-order valence-electron chi connectivity index (χ1n) is 5.31. The van der Waals surface area contributed by atoms with Gasteiger partial charge < -0.3 is 0 Å². The molecule has 0 aliphatic carbocycles. The van der Waals surface area contributed by atoms with E-state index in [2.05, 4.69) is 6.58 Å². The van der Waals surface area contributed by atoms with Gasteiger partial charge in [0.05, 0.1) is 5.57 Å². The van der Waals surface area contributed by atoms with E-state index >= 15 is 0 Å². The van der Waals surface area contributed by atoms with Gasteiger partial charge in [-0.15, -0.1) is 0 Å². The van der Waals surface area contributed by atoms with Crippen LogP contribution >= 0.6 is 0 Å². The summed E-state index contributed by atoms with van der Waals surface area (Å²) in [6, 6.07) is 6.60. The van der Waals surface area contributed by atoms with Crippen LogP contribution in [0.3, 0.4) is 0 Å². The fourth-order valence-corrected chi connectivity index (χ4v) is 1.55. The van der Waals surface area contributed by atoms with Crippen molar-refractivity contribution < 1.29 is 13.2 Å². The highest BCUT2D eigenvalue weighted by atomic mass is 19.4. The topological polar surface area (TPSA) is 0 Å². The lowest BCUT2D eigenvalue weighted by atomic mass is 9.97. The van der Waals surface area contributed by atoms with Crippen LogP contribution in [0.1, 0.15) is 30.9 Å². The fourth-order valence-electron chi connectivity index (χ4n) is 1.55. The molecule has 0 heterocycles. The normalized spacial score (nSPS) is 11.5. The molecule has 0 bridgehead atoms. The second kappa shape index (κ2) is 5.19. The van der Waals surface area contributed by atoms with E-state index in [-0.39, 0.29) is 5.56 Å². The molecule has 0 aromatic heterocycles. The molecule has 0 amide bonds. The van der Waals surface area contributed by atoms with Crippen LogP contribution in [0.2, 0.25) is 0 Å². The number of benzene rings is 1. The van der Waals surface area contributed by atoms with Gasteiger partial charge in [0.1, 0.15) is 0 Å². The average molecular weight is 228 g/mol. The molecule has 0 aliphatic rings. The third-order valence-electron chi connectivity index (χ3n) is 2.48. The predicted octanol–water partition coefficient (Wildman–Crippen LogP) is 4.60. The molecule has 0 radical (unpaired) electrons. The number of allylic oxidation sites excluding steroid dienone is 1. The number of aryl methyl sites for hydroxylation is 1. The number of hydrogen-bond acceptors (Lipinski definition) is 0. The van der Waals surface area contributed by atoms with Crippen LogP contribution in [-0.2, 0) is 6.42 Å². The van der Waals surface area contributed by atoms with Gasteiger partial charge in [-0.1, -0.05) is 44.2 Å². The molecular formula is C13H15F3. The van der Waals surface area contributed by atoms with Crippen molar-refractivity contribution in [2.24, 2.45) is 0 Å². The summed E-state index contributed by atoms with van der Waals surface area (Å²) in [5.41, 5.74) is 0.203. The Morgan fingerprint density at radius 1 is 1.25 bits per heavy atom. The first-order valence-corrected chi connectivity index (χ1v) is 5.31. The minimum absolute atomic E-state index is 0.225. The van der Waals surface area contributed by atoms with Gasteiger partial charge in [0.25, 0.3) is 0 Å². The zero-order valence-electron chi connectivity index (χ0n) is 9.27. The van der Waals surface area contributed by atoms with E-state index in [1.54, 1.807) is 18.2 Å². The minimum Gasteiger partial charge on any atom is -0.166 e. The highest BCUT2D eigenvalue weighted by Crippen LogP contribution is 2.34. The molecule has 1 aromatic carbocycles. The Kier molecular flexibility index (Phi) is 4.16. The van der Waals surface area contributed by atoms with Gasteiger partial charge in [-0.3, -0.25) is 0 Å². The number of halogens is 3. The van der Waals surface area contributed by atoms with Gasteiger partial charge in [0, 0.05) is 0 Å². The zero-order chi connectivity index (χ0) is 12.2. The smallest absolute Gasteiger partial charge is 0.166 e. The minimum atomic E-state index is -4.34. The van der Waals surface area contributed by atoms with Crippen molar-refractivity contribution in [1.82, 2.24) is 0 Å². The van der Waals surface area contributed by atoms with Crippen molar-refractivity contribution in [2.45, 2.75) is 32.4 Å². The molecule has 0 spiro atoms. The van der Waals surface area contributed by atoms with E-state index in [4.69, 9.17) is 0 Å². The molecule has 0 aliphatic heterocycles. The van der Waals surface area contributed by atoms with E-state index in [0.717, 1.165) is 18.4 Å². The monoisotopic (exact) mass is 228 g/mol. The summed E-state index contributed by atoms with van der Waals surface area (Å²) in [5, 5.41) is 0. The van der Waals surface area contributed by atoms with E-state index in [0.29, 0.717) is 6.42 Å². The average Bonchev–Trinajstić information content (AvgIpc) is 2.24. The number of alkyl halides is 3. The zero-order valence-corrected chi connectivity index (χ0v) is 9.27. The summed E-state index contributed by atoms with van der Waals surface area (Å²) in [6.45, 7) is 5.16. The molecular weight excluding hydrogens is 213 g/mol. The molecule has 1 rings (SSSR count). The molecule has 0 unspecified atom stereocenters. The first kappa shape index (κ1) is 12.8. The Bertz CT molecular complexity index is 364. The van der Waals surface area contributed by atoms with Crippen molar-refractivity contribution in [1.29, 1.82) is 0 Å². The van der Waals surface area contributed by atoms with Crippen molar-refractivity contribution in [2.75, 3.05) is 0 Å². The Balaban J connectivity index is 2.99. The summed E-state index contributed by atoms with van der Waals surface area (Å²) in [7, 11) is 0. The third kappa shape index (κ3) is 3.12. The summed E-state index contributed by atoms with van der Waals surface area (Å²) in [4.78, 5) is 0. The predicted molar refractivity (Wildman–Crippen MR) is 60.1 cm³/mol. The van der Waals surface area contributed by atoms with Crippen molar-refractivity contribution >= 4 is 5.57 Å². The molecule has 0 fully saturated rings. The van der Waals surface area contributed by atoms with E-state index in [9.17, 15) is 13.2 Å². The van der Waals surface area contributed by atoms with Crippen LogP contribution in [0.5, 0.6) is 0 Å². The van der Waals surface area contributed by atoms with Gasteiger partial charge in [-0.25, -0.2) is 0 Å². The summed E-state index contributed by atoms with van der Waals surface area (Å²) in [6.07, 6.45) is -1.82. The lowest BCUT2D eigenvalue weighted by molar-refractivity contribution is -0.0687. The molecule has 16 heavy (non-hydrogen) atoms. The van der Waals surface area contributed by atoms with Crippen LogP contribution in [-0.4, -0.2) is 6.18 Å². The Hall–Kier alpha value is -1.25. The Morgan fingerprint density at radius 2 is 1.88 bits per heavy atom. The fraction of sp³-hybridized carbons (Fsp3) is 0.385. The summed E-state index contributed by atoms with van der Waals surface area (Å²) in [5.74, 6) is 0. The highest BCUT2D eigenvalue weighted by molar-refractivity contribution is 5.70. The van der Waals surface area contributed by atoms with Crippen molar-refractivity contribution in [3.63, 3.8) is 0 Å². The number of hydrogen-bond donors (Lipinski definition) is 0. The number of unbranched alkanes of at least 4 members (excludes halogenated alkanes) is 1. The summed E-state index contributed by atoms with van der Waals surface area (Å²) >= 11 is 0. The maximum Gasteiger partial charge on any atom is 0.416 e. The molecule has 88 valence electrons. The molecule has 1 aromatic rings. The van der Waals surface area contributed by atoms with Crippen molar-refractivity contribution in [3.05, 3.63) is 42.0 Å². The van der Waals surface area contributed by atoms with Gasteiger partial charge in [0.2, 0.25) is 0 Å². The van der Waals surface area contributed by atoms with Crippen LogP contribution in [0.4, 0.5) is 13.2 Å². The van der Waals surface area contributed by atoms with E-state index in [1.165, 1.54) is 6.07 Å². The van der Waals surface area contributed by atoms with Gasteiger partial charge in [0.15, 0.2) is 0 Å². The van der Waals surface area contributed by atoms with E-state index in [1.807, 2.05) is 6.92 Å². The van der Waals surface area contributed by atoms with Crippen LogP contribution in [0.25, 0.3) is 5.57 Å². The van der Waals surface area contributed by atoms with Crippen LogP contribution < -0.4 is 0 Å². The van der Waals surface area contributed by atoms with Gasteiger partial charge in [-0.2, -0.15) is 13.2 Å². The maximum absolute atomic E-state index is 12.5. The molecule has 0 atom stereocenters. The summed E-state index contributed by atoms with van der Waals surface area (Å²) < 4.78 is 37.6. The third-order valence-corrected chi connectivity index (χ3v) is 2.48. The van der Waals surface area contributed by atoms with Crippen LogP contribution in [0, 0.1) is 0 Å². The largest absolute Gasteiger partial charge is 0.416 e. The molecule has 0 N–H and O–H groups in total. The molecule has 0 saturated heterocycles. The Labute approximate surface area is 93.8 Å². The quantitative estimate of drug-likeness (QED) is 0.706. The first-order chi connectivity index (χ1) is 7.46. The maximum atomic E-state index is 12.5. The molecule has 0 nitrogen and oxygen atoms in total. The standard InChI is InChI=1S/C13H15F3/c1-3-4-7-11-8-5-6-9-12(11)10(2)13(14,15)16/h5-6,8-9H,2-4,7H2,1H3. The second-order valence-electron chi connectivity index (χ2n) is 3.74. The lowest BCUT2D eigenvalue weighted by Crippen LogP contribution is -2.11.